The van der Waals surface area contributed by atoms with Gasteiger partial charge in [0.1, 0.15) is 0 Å². The molecular weight excluding hydrogens is 204 g/mol. The third-order valence-corrected chi connectivity index (χ3v) is 3.40. The smallest absolute Gasteiger partial charge is 0.0586 e. The van der Waals surface area contributed by atoms with Crippen molar-refractivity contribution in [1.82, 2.24) is 10.3 Å². The summed E-state index contributed by atoms with van der Waals surface area (Å²) in [5, 5.41) is 5.48. The summed E-state index contributed by atoms with van der Waals surface area (Å²) in [6.45, 7) is 2.16. The van der Waals surface area contributed by atoms with Crippen LogP contribution in [0.3, 0.4) is 0 Å². The second kappa shape index (κ2) is 4.55. The summed E-state index contributed by atoms with van der Waals surface area (Å²) in [7, 11) is 1.99. The number of nitrogens with one attached hydrogen (secondary N) is 1. The summed E-state index contributed by atoms with van der Waals surface area (Å²) in [5.41, 5.74) is 2.61. The molecule has 2 nitrogen and oxygen atoms in total. The van der Waals surface area contributed by atoms with Gasteiger partial charge in [0.05, 0.1) is 6.04 Å². The van der Waals surface area contributed by atoms with E-state index < -0.39 is 0 Å². The van der Waals surface area contributed by atoms with E-state index in [0.29, 0.717) is 0 Å². The van der Waals surface area contributed by atoms with Crippen LogP contribution in [0.25, 0.3) is 0 Å². The maximum Gasteiger partial charge on any atom is 0.0586 e. The molecule has 0 aliphatic rings. The Morgan fingerprint density at radius 2 is 2.00 bits per heavy atom. The number of nitrogens with zero attached hydrogens (tertiary/aromatic N) is 1. The number of aryl methyl sites for hydroxylation is 1. The second-order valence-corrected chi connectivity index (χ2v) is 4.55. The van der Waals surface area contributed by atoms with E-state index in [0.717, 1.165) is 0 Å². The molecule has 2 aromatic rings. The fourth-order valence-electron chi connectivity index (χ4n) is 1.75. The van der Waals surface area contributed by atoms with Crippen molar-refractivity contribution in [3.63, 3.8) is 0 Å². The van der Waals surface area contributed by atoms with E-state index in [-0.39, 0.29) is 6.04 Å². The highest BCUT2D eigenvalue weighted by Gasteiger charge is 2.14. The Labute approximate surface area is 94.0 Å². The highest BCUT2D eigenvalue weighted by molar-refractivity contribution is 7.10. The fourth-order valence-corrected chi connectivity index (χ4v) is 2.49. The van der Waals surface area contributed by atoms with Crippen LogP contribution in [0.15, 0.2) is 36.0 Å². The molecule has 2 heterocycles. The lowest BCUT2D eigenvalue weighted by Crippen LogP contribution is -2.17. The Morgan fingerprint density at radius 1 is 1.27 bits per heavy atom. The van der Waals surface area contributed by atoms with Crippen LogP contribution in [-0.2, 0) is 0 Å². The van der Waals surface area contributed by atoms with Crippen molar-refractivity contribution in [1.29, 1.82) is 0 Å². The molecule has 78 valence electrons. The SMILES string of the molecule is CNC(c1ccncc1)c1ccsc1C. The van der Waals surface area contributed by atoms with Crippen LogP contribution >= 0.6 is 11.3 Å². The van der Waals surface area contributed by atoms with Crippen molar-refractivity contribution in [3.05, 3.63) is 52.0 Å². The van der Waals surface area contributed by atoms with Crippen LogP contribution < -0.4 is 5.32 Å². The van der Waals surface area contributed by atoms with E-state index in [1.807, 2.05) is 19.4 Å². The summed E-state index contributed by atoms with van der Waals surface area (Å²) in [6.07, 6.45) is 3.67. The zero-order chi connectivity index (χ0) is 10.7. The van der Waals surface area contributed by atoms with Crippen molar-refractivity contribution >= 4 is 11.3 Å². The molecule has 0 saturated heterocycles. The van der Waals surface area contributed by atoms with E-state index in [2.05, 4.69) is 40.8 Å². The molecule has 2 aromatic heterocycles. The molecule has 1 N–H and O–H groups in total. The van der Waals surface area contributed by atoms with Crippen LogP contribution in [-0.4, -0.2) is 12.0 Å². The van der Waals surface area contributed by atoms with Crippen molar-refractivity contribution in [2.75, 3.05) is 7.05 Å². The van der Waals surface area contributed by atoms with Crippen LogP contribution in [0.5, 0.6) is 0 Å². The first-order chi connectivity index (χ1) is 7.33. The molecule has 1 unspecified atom stereocenters. The molecule has 0 aliphatic carbocycles. The largest absolute Gasteiger partial charge is 0.309 e. The number of pyridine rings is 1. The standard InChI is InChI=1S/C12H14N2S/c1-9-11(5-8-15-9)12(13-2)10-3-6-14-7-4-10/h3-8,12-13H,1-2H3. The Bertz CT molecular complexity index is 422. The highest BCUT2D eigenvalue weighted by Crippen LogP contribution is 2.27. The minimum Gasteiger partial charge on any atom is -0.309 e. The first-order valence-corrected chi connectivity index (χ1v) is 5.82. The van der Waals surface area contributed by atoms with Crippen molar-refractivity contribution in [3.8, 4) is 0 Å². The van der Waals surface area contributed by atoms with Crippen LogP contribution in [0.4, 0.5) is 0 Å². The van der Waals surface area contributed by atoms with E-state index in [4.69, 9.17) is 0 Å². The Kier molecular flexibility index (Phi) is 3.14. The highest BCUT2D eigenvalue weighted by atomic mass is 32.1. The molecule has 0 saturated carbocycles. The van der Waals surface area contributed by atoms with Gasteiger partial charge in [0.15, 0.2) is 0 Å². The Balaban J connectivity index is 2.37. The first kappa shape index (κ1) is 10.3. The summed E-state index contributed by atoms with van der Waals surface area (Å²) in [6, 6.07) is 6.57. The number of thiophene rings is 1. The quantitative estimate of drug-likeness (QED) is 0.857. The third-order valence-electron chi connectivity index (χ3n) is 2.54. The van der Waals surface area contributed by atoms with Gasteiger partial charge in [-0.25, -0.2) is 0 Å². The molecule has 0 spiro atoms. The summed E-state index contributed by atoms with van der Waals surface area (Å²) < 4.78 is 0. The Hall–Kier alpha value is -1.19. The fraction of sp³-hybridized carbons (Fsp3) is 0.250. The van der Waals surface area contributed by atoms with Gasteiger partial charge < -0.3 is 5.32 Å². The number of rotatable bonds is 3. The molecular formula is C12H14N2S. The van der Waals surface area contributed by atoms with Gasteiger partial charge in [0.25, 0.3) is 0 Å². The molecule has 0 amide bonds. The molecule has 3 heteroatoms. The van der Waals surface area contributed by atoms with Crippen LogP contribution in [0.2, 0.25) is 0 Å². The van der Waals surface area contributed by atoms with Gasteiger partial charge >= 0.3 is 0 Å². The summed E-state index contributed by atoms with van der Waals surface area (Å²) >= 11 is 1.79. The number of hydrogen-bond donors (Lipinski definition) is 1. The van der Waals surface area contributed by atoms with E-state index in [9.17, 15) is 0 Å². The Morgan fingerprint density at radius 3 is 2.53 bits per heavy atom. The van der Waals surface area contributed by atoms with Gasteiger partial charge in [-0.05, 0) is 48.7 Å². The molecule has 0 fully saturated rings. The summed E-state index contributed by atoms with van der Waals surface area (Å²) in [4.78, 5) is 5.41. The van der Waals surface area contributed by atoms with Gasteiger partial charge in [-0.2, -0.15) is 0 Å². The van der Waals surface area contributed by atoms with Crippen molar-refractivity contribution < 1.29 is 0 Å². The first-order valence-electron chi connectivity index (χ1n) is 4.94. The lowest BCUT2D eigenvalue weighted by atomic mass is 10.0. The van der Waals surface area contributed by atoms with Gasteiger partial charge in [-0.3, -0.25) is 4.98 Å². The van der Waals surface area contributed by atoms with Crippen molar-refractivity contribution in [2.45, 2.75) is 13.0 Å². The molecule has 0 aliphatic heterocycles. The lowest BCUT2D eigenvalue weighted by molar-refractivity contribution is 0.690. The molecule has 0 radical (unpaired) electrons. The monoisotopic (exact) mass is 218 g/mol. The number of aromatic nitrogens is 1. The average Bonchev–Trinajstić information content (AvgIpc) is 2.68. The normalized spacial score (nSPS) is 12.7. The summed E-state index contributed by atoms with van der Waals surface area (Å²) in [5.74, 6) is 0. The van der Waals surface area contributed by atoms with Crippen molar-refractivity contribution in [2.24, 2.45) is 0 Å². The van der Waals surface area contributed by atoms with Crippen LogP contribution in [0, 0.1) is 6.92 Å². The topological polar surface area (TPSA) is 24.9 Å². The van der Waals surface area contributed by atoms with E-state index >= 15 is 0 Å². The minimum atomic E-state index is 0.277. The van der Waals surface area contributed by atoms with Gasteiger partial charge in [0, 0.05) is 17.3 Å². The molecule has 0 bridgehead atoms. The zero-order valence-corrected chi connectivity index (χ0v) is 9.71. The third kappa shape index (κ3) is 2.08. The second-order valence-electron chi connectivity index (χ2n) is 3.43. The molecule has 2 rings (SSSR count). The lowest BCUT2D eigenvalue weighted by Gasteiger charge is -2.16. The van der Waals surface area contributed by atoms with Gasteiger partial charge in [0.2, 0.25) is 0 Å². The van der Waals surface area contributed by atoms with E-state index in [1.54, 1.807) is 11.3 Å². The average molecular weight is 218 g/mol. The zero-order valence-electron chi connectivity index (χ0n) is 8.90. The predicted molar refractivity (Wildman–Crippen MR) is 64.2 cm³/mol. The molecule has 15 heavy (non-hydrogen) atoms. The van der Waals surface area contributed by atoms with Gasteiger partial charge in [-0.15, -0.1) is 11.3 Å². The maximum atomic E-state index is 4.04. The molecule has 1 atom stereocenters. The van der Waals surface area contributed by atoms with Crippen LogP contribution in [0.1, 0.15) is 22.0 Å². The van der Waals surface area contributed by atoms with Gasteiger partial charge in [-0.1, -0.05) is 0 Å². The predicted octanol–water partition coefficient (Wildman–Crippen LogP) is 2.76. The maximum absolute atomic E-state index is 4.04. The van der Waals surface area contributed by atoms with E-state index in [1.165, 1.54) is 16.0 Å². The molecule has 0 aromatic carbocycles. The minimum absolute atomic E-state index is 0.277. The number of hydrogen-bond acceptors (Lipinski definition) is 3.